The summed E-state index contributed by atoms with van der Waals surface area (Å²) in [7, 11) is 2.13. The zero-order chi connectivity index (χ0) is 10.3. The minimum absolute atomic E-state index is 0.659. The maximum Gasteiger partial charge on any atom is 0.193 e. The van der Waals surface area contributed by atoms with Crippen molar-refractivity contribution in [1.29, 1.82) is 0 Å². The van der Waals surface area contributed by atoms with Crippen LogP contribution in [0.1, 0.15) is 32.1 Å². The van der Waals surface area contributed by atoms with Crippen LogP contribution >= 0.6 is 0 Å². The van der Waals surface area contributed by atoms with Gasteiger partial charge in [0.1, 0.15) is 0 Å². The van der Waals surface area contributed by atoms with Gasteiger partial charge in [-0.3, -0.25) is 4.99 Å². The molecule has 0 radical (unpaired) electrons. The summed E-state index contributed by atoms with van der Waals surface area (Å²) in [6, 6.07) is 0. The summed E-state index contributed by atoms with van der Waals surface area (Å²) in [5.74, 6) is 2.16. The highest BCUT2D eigenvalue weighted by atomic mass is 15.3. The maximum atomic E-state index is 4.49. The first-order valence-corrected chi connectivity index (χ1v) is 6.30. The van der Waals surface area contributed by atoms with Crippen molar-refractivity contribution in [2.75, 3.05) is 26.7 Å². The van der Waals surface area contributed by atoms with Crippen molar-refractivity contribution in [1.82, 2.24) is 10.2 Å². The SMILES string of the molecule is CN1CCN=C1NCC1(C2CC2)CCC1. The van der Waals surface area contributed by atoms with Gasteiger partial charge in [0.25, 0.3) is 0 Å². The number of aliphatic imine (C=N–C) groups is 1. The van der Waals surface area contributed by atoms with Crippen molar-refractivity contribution in [2.24, 2.45) is 16.3 Å². The average molecular weight is 207 g/mol. The molecule has 1 N–H and O–H groups in total. The molecular weight excluding hydrogens is 186 g/mol. The second-order valence-corrected chi connectivity index (χ2v) is 5.47. The van der Waals surface area contributed by atoms with Gasteiger partial charge in [0, 0.05) is 20.1 Å². The molecular formula is C12H21N3. The molecule has 1 aliphatic heterocycles. The van der Waals surface area contributed by atoms with Gasteiger partial charge >= 0.3 is 0 Å². The molecule has 0 aromatic heterocycles. The summed E-state index contributed by atoms with van der Waals surface area (Å²) in [5, 5.41) is 3.57. The molecule has 2 fully saturated rings. The van der Waals surface area contributed by atoms with E-state index < -0.39 is 0 Å². The van der Waals surface area contributed by atoms with Gasteiger partial charge in [-0.2, -0.15) is 0 Å². The lowest BCUT2D eigenvalue weighted by molar-refractivity contribution is 0.105. The maximum absolute atomic E-state index is 4.49. The van der Waals surface area contributed by atoms with Crippen LogP contribution in [0.15, 0.2) is 4.99 Å². The lowest BCUT2D eigenvalue weighted by atomic mass is 9.65. The van der Waals surface area contributed by atoms with Crippen molar-refractivity contribution in [2.45, 2.75) is 32.1 Å². The van der Waals surface area contributed by atoms with Crippen LogP contribution in [0.25, 0.3) is 0 Å². The number of likely N-dealkylation sites (N-methyl/N-ethyl adjacent to an activating group) is 1. The van der Waals surface area contributed by atoms with Gasteiger partial charge in [0.05, 0.1) is 6.54 Å². The van der Waals surface area contributed by atoms with Crippen LogP contribution in [0.3, 0.4) is 0 Å². The third kappa shape index (κ3) is 1.62. The van der Waals surface area contributed by atoms with E-state index in [-0.39, 0.29) is 0 Å². The quantitative estimate of drug-likeness (QED) is 0.758. The highest BCUT2D eigenvalue weighted by Crippen LogP contribution is 2.56. The number of hydrogen-bond acceptors (Lipinski definition) is 3. The molecule has 2 saturated carbocycles. The predicted octanol–water partition coefficient (Wildman–Crippen LogP) is 1.46. The van der Waals surface area contributed by atoms with E-state index in [2.05, 4.69) is 22.3 Å². The normalized spacial score (nSPS) is 28.6. The van der Waals surface area contributed by atoms with Crippen LogP contribution in [0.2, 0.25) is 0 Å². The summed E-state index contributed by atoms with van der Waals surface area (Å²) in [6.45, 7) is 3.22. The smallest absolute Gasteiger partial charge is 0.193 e. The van der Waals surface area contributed by atoms with Gasteiger partial charge in [-0.25, -0.2) is 0 Å². The molecule has 2 aliphatic carbocycles. The van der Waals surface area contributed by atoms with Crippen LogP contribution in [0.4, 0.5) is 0 Å². The summed E-state index contributed by atoms with van der Waals surface area (Å²) in [5.41, 5.74) is 0.659. The molecule has 0 aromatic rings. The average Bonchev–Trinajstić information content (AvgIpc) is 2.91. The van der Waals surface area contributed by atoms with E-state index in [9.17, 15) is 0 Å². The Kier molecular flexibility index (Phi) is 2.15. The number of hydrogen-bond donors (Lipinski definition) is 1. The van der Waals surface area contributed by atoms with Gasteiger partial charge in [-0.15, -0.1) is 0 Å². The molecule has 0 saturated heterocycles. The number of nitrogens with one attached hydrogen (secondary N) is 1. The molecule has 0 unspecified atom stereocenters. The first-order chi connectivity index (χ1) is 7.30. The van der Waals surface area contributed by atoms with Crippen molar-refractivity contribution in [3.8, 4) is 0 Å². The number of rotatable bonds is 3. The fraction of sp³-hybridized carbons (Fsp3) is 0.917. The standard InChI is InChI=1S/C12H21N3/c1-15-8-7-13-11(15)14-9-12(5-2-6-12)10-3-4-10/h10H,2-9H2,1H3,(H,13,14). The Hall–Kier alpha value is -0.730. The minimum atomic E-state index is 0.659. The van der Waals surface area contributed by atoms with Gasteiger partial charge in [0.2, 0.25) is 0 Å². The molecule has 3 nitrogen and oxygen atoms in total. The molecule has 3 aliphatic rings. The van der Waals surface area contributed by atoms with Crippen LogP contribution < -0.4 is 5.32 Å². The van der Waals surface area contributed by atoms with Gasteiger partial charge < -0.3 is 10.2 Å². The van der Waals surface area contributed by atoms with E-state index in [1.165, 1.54) is 38.6 Å². The van der Waals surface area contributed by atoms with Crippen LogP contribution in [0.5, 0.6) is 0 Å². The number of nitrogens with zero attached hydrogens (tertiary/aromatic N) is 2. The molecule has 0 aromatic carbocycles. The zero-order valence-corrected chi connectivity index (χ0v) is 9.63. The molecule has 0 spiro atoms. The lowest BCUT2D eigenvalue weighted by Gasteiger charge is -2.43. The van der Waals surface area contributed by atoms with Crippen LogP contribution in [0, 0.1) is 11.3 Å². The van der Waals surface area contributed by atoms with Crippen molar-refractivity contribution in [3.05, 3.63) is 0 Å². The fourth-order valence-electron chi connectivity index (χ4n) is 3.03. The van der Waals surface area contributed by atoms with Crippen molar-refractivity contribution in [3.63, 3.8) is 0 Å². The molecule has 15 heavy (non-hydrogen) atoms. The lowest BCUT2D eigenvalue weighted by Crippen LogP contribution is -2.46. The first-order valence-electron chi connectivity index (χ1n) is 6.30. The molecule has 0 atom stereocenters. The Morgan fingerprint density at radius 1 is 1.47 bits per heavy atom. The van der Waals surface area contributed by atoms with E-state index >= 15 is 0 Å². The van der Waals surface area contributed by atoms with Crippen LogP contribution in [-0.2, 0) is 0 Å². The zero-order valence-electron chi connectivity index (χ0n) is 9.63. The van der Waals surface area contributed by atoms with E-state index in [1.54, 1.807) is 0 Å². The highest BCUT2D eigenvalue weighted by Gasteiger charge is 2.48. The first kappa shape index (κ1) is 9.49. The summed E-state index contributed by atoms with van der Waals surface area (Å²) in [4.78, 5) is 6.72. The summed E-state index contributed by atoms with van der Waals surface area (Å²) in [6.07, 6.45) is 7.29. The van der Waals surface area contributed by atoms with E-state index in [0.29, 0.717) is 5.41 Å². The van der Waals surface area contributed by atoms with Gasteiger partial charge in [0.15, 0.2) is 5.96 Å². The monoisotopic (exact) mass is 207 g/mol. The molecule has 0 bridgehead atoms. The van der Waals surface area contributed by atoms with E-state index in [4.69, 9.17) is 0 Å². The fourth-order valence-corrected chi connectivity index (χ4v) is 3.03. The Bertz CT molecular complexity index is 277. The third-order valence-electron chi connectivity index (χ3n) is 4.45. The van der Waals surface area contributed by atoms with E-state index in [0.717, 1.165) is 25.0 Å². The molecule has 3 rings (SSSR count). The predicted molar refractivity (Wildman–Crippen MR) is 61.9 cm³/mol. The second kappa shape index (κ2) is 3.39. The summed E-state index contributed by atoms with van der Waals surface area (Å²) < 4.78 is 0. The molecule has 84 valence electrons. The molecule has 1 heterocycles. The largest absolute Gasteiger partial charge is 0.356 e. The van der Waals surface area contributed by atoms with E-state index in [1.807, 2.05) is 0 Å². The highest BCUT2D eigenvalue weighted by molar-refractivity contribution is 5.81. The Morgan fingerprint density at radius 2 is 2.27 bits per heavy atom. The Morgan fingerprint density at radius 3 is 2.73 bits per heavy atom. The van der Waals surface area contributed by atoms with Gasteiger partial charge in [-0.05, 0) is 37.0 Å². The molecule has 0 amide bonds. The summed E-state index contributed by atoms with van der Waals surface area (Å²) >= 11 is 0. The van der Waals surface area contributed by atoms with Crippen LogP contribution in [-0.4, -0.2) is 37.5 Å². The Labute approximate surface area is 91.9 Å². The Balaban J connectivity index is 1.56. The molecule has 3 heteroatoms. The van der Waals surface area contributed by atoms with Crippen molar-refractivity contribution >= 4 is 5.96 Å². The second-order valence-electron chi connectivity index (χ2n) is 5.47. The topological polar surface area (TPSA) is 27.6 Å². The third-order valence-corrected chi connectivity index (χ3v) is 4.45. The number of guanidine groups is 1. The van der Waals surface area contributed by atoms with Gasteiger partial charge in [-0.1, -0.05) is 6.42 Å². The minimum Gasteiger partial charge on any atom is -0.356 e. The van der Waals surface area contributed by atoms with Crippen molar-refractivity contribution < 1.29 is 0 Å².